The van der Waals surface area contributed by atoms with E-state index in [1.54, 1.807) is 48.5 Å². The molecule has 1 aliphatic heterocycles. The Morgan fingerprint density at radius 2 is 1.82 bits per heavy atom. The summed E-state index contributed by atoms with van der Waals surface area (Å²) in [5, 5.41) is 3.27. The minimum atomic E-state index is -0.407. The van der Waals surface area contributed by atoms with Crippen LogP contribution in [0.3, 0.4) is 0 Å². The number of rotatable bonds is 6. The van der Waals surface area contributed by atoms with Crippen molar-refractivity contribution >= 4 is 29.1 Å². The average Bonchev–Trinajstić information content (AvgIpc) is 2.94. The van der Waals surface area contributed by atoms with Gasteiger partial charge >= 0.3 is 0 Å². The molecule has 0 aromatic heterocycles. The van der Waals surface area contributed by atoms with Crippen LogP contribution in [0.5, 0.6) is 23.0 Å². The number of fused-ring (bicyclic) bond motifs is 2. The number of nitrogens with zero attached hydrogens (tertiary/aromatic N) is 2. The molecule has 0 fully saturated rings. The van der Waals surface area contributed by atoms with Gasteiger partial charge in [0.2, 0.25) is 5.91 Å². The molecule has 1 N–H and O–H groups in total. The second-order valence-corrected chi connectivity index (χ2v) is 9.89. The molecule has 0 spiro atoms. The summed E-state index contributed by atoms with van der Waals surface area (Å²) in [5.74, 6) is 1.28. The molecule has 3 aromatic rings. The molecule has 0 atom stereocenters. The van der Waals surface area contributed by atoms with E-state index in [9.17, 15) is 9.59 Å². The van der Waals surface area contributed by atoms with Crippen molar-refractivity contribution < 1.29 is 28.5 Å². The number of anilines is 1. The Morgan fingerprint density at radius 3 is 2.65 bits per heavy atom. The fraction of sp³-hybridized carbons (Fsp3) is 0.333. The molecule has 4 rings (SSSR count). The monoisotopic (exact) mass is 567 g/mol. The number of hydrogen-bond acceptors (Lipinski definition) is 7. The summed E-state index contributed by atoms with van der Waals surface area (Å²) in [4.78, 5) is 30.2. The summed E-state index contributed by atoms with van der Waals surface area (Å²) in [6.45, 7) is 2.25. The first-order valence-corrected chi connectivity index (χ1v) is 13.5. The van der Waals surface area contributed by atoms with Crippen LogP contribution in [0, 0.1) is 0 Å². The number of nitrogens with one attached hydrogen (secondary N) is 1. The maximum absolute atomic E-state index is 13.5. The molecule has 9 nitrogen and oxygen atoms in total. The van der Waals surface area contributed by atoms with Crippen molar-refractivity contribution in [3.05, 3.63) is 77.3 Å². The fourth-order valence-electron chi connectivity index (χ4n) is 4.04. The van der Waals surface area contributed by atoms with Crippen molar-refractivity contribution in [1.29, 1.82) is 0 Å². The molecule has 0 aliphatic carbocycles. The second kappa shape index (κ2) is 14.6. The topological polar surface area (TPSA) is 89.6 Å². The summed E-state index contributed by atoms with van der Waals surface area (Å²) in [5.41, 5.74) is 0.792. The van der Waals surface area contributed by atoms with E-state index in [2.05, 4.69) is 10.2 Å². The normalized spacial score (nSPS) is 14.5. The zero-order valence-electron chi connectivity index (χ0n) is 22.7. The maximum Gasteiger partial charge on any atom is 0.254 e. The lowest BCUT2D eigenvalue weighted by molar-refractivity contribution is -0.117. The molecule has 10 heteroatoms. The Hall–Kier alpha value is -3.79. The van der Waals surface area contributed by atoms with E-state index >= 15 is 0 Å². The number of amides is 2. The molecule has 1 aliphatic rings. The van der Waals surface area contributed by atoms with Crippen molar-refractivity contribution in [3.63, 3.8) is 0 Å². The zero-order chi connectivity index (χ0) is 28.3. The first kappa shape index (κ1) is 29.2. The molecule has 0 bridgehead atoms. The van der Waals surface area contributed by atoms with Crippen LogP contribution in [0.15, 0.2) is 66.7 Å². The number of carbonyl (C=O) groups is 2. The molecule has 212 valence electrons. The predicted octanol–water partition coefficient (Wildman–Crippen LogP) is 4.95. The van der Waals surface area contributed by atoms with Gasteiger partial charge in [-0.25, -0.2) is 0 Å². The standard InChI is InChI=1S/C30H34ClN3O6/c1-33(2)13-6-15-38-24-8-5-7-22(19-24)30(36)34-14-16-37-17-18-39-27-9-3-4-10-28(27)40-26-12-11-23(31)20-25(26)32-29(35)21-34/h3-5,7-12,19-20H,6,13-18,21H2,1-2H3,(H,32,35). The molecule has 40 heavy (non-hydrogen) atoms. The van der Waals surface area contributed by atoms with E-state index in [0.717, 1.165) is 13.0 Å². The van der Waals surface area contributed by atoms with Crippen molar-refractivity contribution in [2.24, 2.45) is 0 Å². The largest absolute Gasteiger partial charge is 0.494 e. The number of hydrogen-bond donors (Lipinski definition) is 1. The third kappa shape index (κ3) is 8.61. The average molecular weight is 568 g/mol. The maximum atomic E-state index is 13.5. The molecular formula is C30H34ClN3O6. The first-order chi connectivity index (χ1) is 19.4. The number of ether oxygens (including phenoxy) is 4. The lowest BCUT2D eigenvalue weighted by atomic mass is 10.2. The number of benzene rings is 3. The van der Waals surface area contributed by atoms with Gasteiger partial charge in [-0.05, 0) is 69.0 Å². The Balaban J connectivity index is 1.52. The molecule has 3 aromatic carbocycles. The van der Waals surface area contributed by atoms with Gasteiger partial charge in [-0.15, -0.1) is 0 Å². The summed E-state index contributed by atoms with van der Waals surface area (Å²) in [6, 6.07) is 19.2. The Bertz CT molecular complexity index is 1300. The van der Waals surface area contributed by atoms with Gasteiger partial charge < -0.3 is 34.1 Å². The molecular weight excluding hydrogens is 534 g/mol. The van der Waals surface area contributed by atoms with Gasteiger partial charge in [0, 0.05) is 23.7 Å². The van der Waals surface area contributed by atoms with Crippen molar-refractivity contribution in [2.45, 2.75) is 6.42 Å². The van der Waals surface area contributed by atoms with Crippen LogP contribution in [0.1, 0.15) is 16.8 Å². The minimum absolute atomic E-state index is 0.199. The van der Waals surface area contributed by atoms with Gasteiger partial charge in [0.15, 0.2) is 17.2 Å². The van der Waals surface area contributed by atoms with Gasteiger partial charge in [0.25, 0.3) is 5.91 Å². The highest BCUT2D eigenvalue weighted by molar-refractivity contribution is 6.31. The van der Waals surface area contributed by atoms with Gasteiger partial charge in [-0.2, -0.15) is 0 Å². The van der Waals surface area contributed by atoms with E-state index in [-0.39, 0.29) is 32.2 Å². The lowest BCUT2D eigenvalue weighted by Gasteiger charge is -2.23. The third-order valence-corrected chi connectivity index (χ3v) is 6.23. The molecule has 0 unspecified atom stereocenters. The third-order valence-electron chi connectivity index (χ3n) is 6.00. The van der Waals surface area contributed by atoms with Crippen LogP contribution in [0.2, 0.25) is 5.02 Å². The lowest BCUT2D eigenvalue weighted by Crippen LogP contribution is -2.40. The highest BCUT2D eigenvalue weighted by Crippen LogP contribution is 2.36. The molecule has 1 heterocycles. The van der Waals surface area contributed by atoms with E-state index in [1.165, 1.54) is 4.90 Å². The van der Waals surface area contributed by atoms with Crippen LogP contribution in [0.25, 0.3) is 0 Å². The summed E-state index contributed by atoms with van der Waals surface area (Å²) in [6.07, 6.45) is 0.860. The number of para-hydroxylation sites is 2. The van der Waals surface area contributed by atoms with Crippen LogP contribution < -0.4 is 19.5 Å². The number of halogens is 1. The molecule has 0 saturated carbocycles. The predicted molar refractivity (Wildman–Crippen MR) is 154 cm³/mol. The molecule has 2 amide bonds. The number of carbonyl (C=O) groups excluding carboxylic acids is 2. The summed E-state index contributed by atoms with van der Waals surface area (Å²) < 4.78 is 23.5. The van der Waals surface area contributed by atoms with Crippen molar-refractivity contribution in [1.82, 2.24) is 9.80 Å². The zero-order valence-corrected chi connectivity index (χ0v) is 23.5. The first-order valence-electron chi connectivity index (χ1n) is 13.1. The Labute approximate surface area is 239 Å². The molecule has 0 saturated heterocycles. The van der Waals surface area contributed by atoms with E-state index in [4.69, 9.17) is 30.5 Å². The van der Waals surface area contributed by atoms with E-state index < -0.39 is 5.91 Å². The van der Waals surface area contributed by atoms with Gasteiger partial charge in [0.05, 0.1) is 25.5 Å². The van der Waals surface area contributed by atoms with Gasteiger partial charge in [0.1, 0.15) is 18.9 Å². The Kier molecular flexibility index (Phi) is 10.6. The SMILES string of the molecule is CN(C)CCCOc1cccc(C(=O)N2CCOCCOc3ccccc3Oc3ccc(Cl)cc3NC(=O)C2)c1. The van der Waals surface area contributed by atoms with Crippen molar-refractivity contribution in [3.8, 4) is 23.0 Å². The van der Waals surface area contributed by atoms with E-state index in [0.29, 0.717) is 52.5 Å². The molecule has 0 radical (unpaired) electrons. The van der Waals surface area contributed by atoms with Crippen LogP contribution in [0.4, 0.5) is 5.69 Å². The quantitative estimate of drug-likeness (QED) is 0.421. The highest BCUT2D eigenvalue weighted by Gasteiger charge is 2.21. The van der Waals surface area contributed by atoms with Crippen LogP contribution in [-0.2, 0) is 9.53 Å². The summed E-state index contributed by atoms with van der Waals surface area (Å²) >= 11 is 6.23. The van der Waals surface area contributed by atoms with Gasteiger partial charge in [-0.3, -0.25) is 9.59 Å². The summed E-state index contributed by atoms with van der Waals surface area (Å²) in [7, 11) is 4.02. The Morgan fingerprint density at radius 1 is 1.00 bits per heavy atom. The van der Waals surface area contributed by atoms with Crippen LogP contribution in [-0.4, -0.2) is 81.8 Å². The van der Waals surface area contributed by atoms with Crippen LogP contribution >= 0.6 is 11.6 Å². The van der Waals surface area contributed by atoms with Crippen molar-refractivity contribution in [2.75, 3.05) is 65.5 Å². The smallest absolute Gasteiger partial charge is 0.254 e. The van der Waals surface area contributed by atoms with Gasteiger partial charge in [-0.1, -0.05) is 29.8 Å². The minimum Gasteiger partial charge on any atom is -0.494 e. The fourth-order valence-corrected chi connectivity index (χ4v) is 4.21. The second-order valence-electron chi connectivity index (χ2n) is 9.46. The highest BCUT2D eigenvalue weighted by atomic mass is 35.5. The van der Waals surface area contributed by atoms with E-state index in [1.807, 2.05) is 32.3 Å².